The van der Waals surface area contributed by atoms with Gasteiger partial charge in [-0.1, -0.05) is 0 Å². The van der Waals surface area contributed by atoms with Gasteiger partial charge in [0.1, 0.15) is 4.93 Å². The standard InChI is InChI=1S/C7H16O3PS3/c1-7(10-4-5-13-7)6-14-11(12,8-2)9-3/h12H,4-6H2,1-3H3/q+1. The van der Waals surface area contributed by atoms with Crippen molar-refractivity contribution in [2.24, 2.45) is 0 Å². The summed E-state index contributed by atoms with van der Waals surface area (Å²) in [6.07, 6.45) is -2.01. The molecule has 0 aromatic heterocycles. The molecule has 1 aliphatic heterocycles. The van der Waals surface area contributed by atoms with Crippen molar-refractivity contribution in [2.75, 3.05) is 32.3 Å². The Hall–Kier alpha value is 1.36. The third kappa shape index (κ3) is 3.74. The molecule has 0 aromatic carbocycles. The van der Waals surface area contributed by atoms with Gasteiger partial charge < -0.3 is 4.74 Å². The third-order valence-electron chi connectivity index (χ3n) is 1.85. The summed E-state index contributed by atoms with van der Waals surface area (Å²) in [5.74, 6) is 1.91. The van der Waals surface area contributed by atoms with Crippen LogP contribution in [0.4, 0.5) is 0 Å². The number of thiol groups is 1. The van der Waals surface area contributed by atoms with Crippen LogP contribution in [0.15, 0.2) is 0 Å². The molecule has 0 spiro atoms. The molecule has 1 atom stereocenters. The normalized spacial score (nSPS) is 28.3. The van der Waals surface area contributed by atoms with Crippen LogP contribution in [0.3, 0.4) is 0 Å². The predicted octanol–water partition coefficient (Wildman–Crippen LogP) is 3.10. The van der Waals surface area contributed by atoms with E-state index in [0.29, 0.717) is 0 Å². The van der Waals surface area contributed by atoms with Gasteiger partial charge in [-0.15, -0.1) is 11.8 Å². The summed E-state index contributed by atoms with van der Waals surface area (Å²) in [7, 11) is 3.25. The van der Waals surface area contributed by atoms with E-state index in [2.05, 4.69) is 19.2 Å². The average Bonchev–Trinajstić information content (AvgIpc) is 2.63. The molecule has 0 radical (unpaired) electrons. The van der Waals surface area contributed by atoms with Gasteiger partial charge in [0.15, 0.2) is 0 Å². The monoisotopic (exact) mass is 275 g/mol. The van der Waals surface area contributed by atoms with Gasteiger partial charge in [0.2, 0.25) is 0 Å². The van der Waals surface area contributed by atoms with E-state index >= 15 is 0 Å². The lowest BCUT2D eigenvalue weighted by Crippen LogP contribution is -2.22. The molecule has 84 valence electrons. The zero-order chi connectivity index (χ0) is 10.7. The molecule has 1 heterocycles. The van der Waals surface area contributed by atoms with Crippen molar-refractivity contribution in [1.82, 2.24) is 0 Å². The van der Waals surface area contributed by atoms with E-state index in [-0.39, 0.29) is 4.93 Å². The zero-order valence-corrected chi connectivity index (χ0v) is 12.0. The molecule has 1 unspecified atom stereocenters. The maximum atomic E-state index is 5.64. The van der Waals surface area contributed by atoms with Gasteiger partial charge in [-0.2, -0.15) is 9.05 Å². The van der Waals surface area contributed by atoms with Crippen molar-refractivity contribution >= 4 is 41.5 Å². The number of rotatable bonds is 5. The molecular formula is C7H16O3PS3+. The fraction of sp³-hybridized carbons (Fsp3) is 1.00. The van der Waals surface area contributed by atoms with Crippen molar-refractivity contribution in [1.29, 1.82) is 0 Å². The largest absolute Gasteiger partial charge is 0.392 e. The lowest BCUT2D eigenvalue weighted by Gasteiger charge is -2.22. The molecule has 1 rings (SSSR count). The molecule has 0 aliphatic carbocycles. The Kier molecular flexibility index (Phi) is 5.39. The number of hydrogen-bond donors (Lipinski definition) is 1. The minimum absolute atomic E-state index is 0.101. The Labute approximate surface area is 99.4 Å². The summed E-state index contributed by atoms with van der Waals surface area (Å²) in [6, 6.07) is 0. The second-order valence-electron chi connectivity index (χ2n) is 2.94. The topological polar surface area (TPSA) is 27.7 Å². The summed E-state index contributed by atoms with van der Waals surface area (Å²) >= 11 is 7.83. The Morgan fingerprint density at radius 3 is 2.64 bits per heavy atom. The molecule has 7 heteroatoms. The van der Waals surface area contributed by atoms with Gasteiger partial charge in [-0.05, 0) is 6.92 Å². The summed E-state index contributed by atoms with van der Waals surface area (Å²) < 4.78 is 16.1. The number of ether oxygens (including phenoxy) is 1. The van der Waals surface area contributed by atoms with Crippen LogP contribution in [0.1, 0.15) is 6.92 Å². The SMILES string of the molecule is CO[P+](S)(OC)SCC1(C)OCCS1. The highest BCUT2D eigenvalue weighted by Gasteiger charge is 2.43. The van der Waals surface area contributed by atoms with E-state index < -0.39 is 6.12 Å². The van der Waals surface area contributed by atoms with Gasteiger partial charge in [0.25, 0.3) is 0 Å². The predicted molar refractivity (Wildman–Crippen MR) is 69.2 cm³/mol. The fourth-order valence-electron chi connectivity index (χ4n) is 1.02. The van der Waals surface area contributed by atoms with Crippen LogP contribution in [0.25, 0.3) is 0 Å². The van der Waals surface area contributed by atoms with Crippen LogP contribution in [0, 0.1) is 0 Å². The van der Waals surface area contributed by atoms with Gasteiger partial charge in [-0.25, -0.2) is 0 Å². The van der Waals surface area contributed by atoms with Crippen LogP contribution in [-0.2, 0) is 13.8 Å². The van der Waals surface area contributed by atoms with E-state index in [1.165, 1.54) is 0 Å². The second kappa shape index (κ2) is 5.62. The third-order valence-corrected chi connectivity index (χ3v) is 9.48. The van der Waals surface area contributed by atoms with Gasteiger partial charge >= 0.3 is 6.12 Å². The maximum Gasteiger partial charge on any atom is 0.392 e. The summed E-state index contributed by atoms with van der Waals surface area (Å²) in [4.78, 5) is -0.101. The van der Waals surface area contributed by atoms with Gasteiger partial charge in [0.05, 0.1) is 50.2 Å². The molecule has 1 fully saturated rings. The minimum atomic E-state index is -2.01. The zero-order valence-electron chi connectivity index (χ0n) is 8.56. The van der Waals surface area contributed by atoms with E-state index in [0.717, 1.165) is 18.1 Å². The highest BCUT2D eigenvalue weighted by atomic mass is 33.1. The lowest BCUT2D eigenvalue weighted by atomic mass is 10.5. The Morgan fingerprint density at radius 2 is 2.21 bits per heavy atom. The summed E-state index contributed by atoms with van der Waals surface area (Å²) in [5.41, 5.74) is 0. The summed E-state index contributed by atoms with van der Waals surface area (Å²) in [6.45, 7) is 2.93. The van der Waals surface area contributed by atoms with Crippen molar-refractivity contribution in [2.45, 2.75) is 11.9 Å². The molecule has 0 amide bonds. The van der Waals surface area contributed by atoms with E-state index in [9.17, 15) is 0 Å². The maximum absolute atomic E-state index is 5.64. The highest BCUT2D eigenvalue weighted by molar-refractivity contribution is 8.87. The molecular weight excluding hydrogens is 259 g/mol. The molecule has 1 aliphatic rings. The Morgan fingerprint density at radius 1 is 1.57 bits per heavy atom. The number of hydrogen-bond acceptors (Lipinski definition) is 6. The van der Waals surface area contributed by atoms with E-state index in [1.54, 1.807) is 25.6 Å². The summed E-state index contributed by atoms with van der Waals surface area (Å²) in [5, 5.41) is 0. The Balaban J connectivity index is 2.38. The minimum Gasteiger partial charge on any atom is -0.363 e. The molecule has 14 heavy (non-hydrogen) atoms. The molecule has 0 aromatic rings. The van der Waals surface area contributed by atoms with E-state index in [4.69, 9.17) is 13.8 Å². The Bertz CT molecular complexity index is 179. The quantitative estimate of drug-likeness (QED) is 0.615. The highest BCUT2D eigenvalue weighted by Crippen LogP contribution is 2.75. The van der Waals surface area contributed by atoms with Crippen molar-refractivity contribution < 1.29 is 13.8 Å². The van der Waals surface area contributed by atoms with Crippen LogP contribution >= 0.6 is 41.5 Å². The molecule has 0 saturated carbocycles. The average molecular weight is 275 g/mol. The van der Waals surface area contributed by atoms with Gasteiger partial charge in [-0.3, -0.25) is 0 Å². The van der Waals surface area contributed by atoms with Crippen LogP contribution in [0.5, 0.6) is 0 Å². The van der Waals surface area contributed by atoms with Crippen LogP contribution in [-0.4, -0.2) is 37.3 Å². The first-order valence-corrected chi connectivity index (χ1v) is 9.55. The smallest absolute Gasteiger partial charge is 0.363 e. The molecule has 1 saturated heterocycles. The van der Waals surface area contributed by atoms with Crippen molar-refractivity contribution in [3.8, 4) is 0 Å². The first-order chi connectivity index (χ1) is 6.54. The number of thioether (sulfide) groups is 1. The lowest BCUT2D eigenvalue weighted by molar-refractivity contribution is 0.0843. The van der Waals surface area contributed by atoms with E-state index in [1.807, 2.05) is 11.8 Å². The molecule has 0 N–H and O–H groups in total. The van der Waals surface area contributed by atoms with Crippen LogP contribution < -0.4 is 0 Å². The van der Waals surface area contributed by atoms with Gasteiger partial charge in [0, 0.05) is 5.75 Å². The molecule has 3 nitrogen and oxygen atoms in total. The fourth-order valence-corrected chi connectivity index (χ4v) is 5.78. The van der Waals surface area contributed by atoms with Crippen molar-refractivity contribution in [3.63, 3.8) is 0 Å². The molecule has 0 bridgehead atoms. The van der Waals surface area contributed by atoms with Crippen molar-refractivity contribution in [3.05, 3.63) is 0 Å². The van der Waals surface area contributed by atoms with Crippen LogP contribution in [0.2, 0.25) is 0 Å². The first-order valence-electron chi connectivity index (χ1n) is 4.19. The first kappa shape index (κ1) is 13.4. The second-order valence-corrected chi connectivity index (χ2v) is 11.3.